The fraction of sp³-hybridized carbons (Fsp3) is 0.400. The second-order valence-corrected chi connectivity index (χ2v) is 9.30. The van der Waals surface area contributed by atoms with E-state index in [4.69, 9.17) is 4.74 Å². The molecule has 3 heterocycles. The van der Waals surface area contributed by atoms with Gasteiger partial charge in [-0.3, -0.25) is 9.48 Å². The third kappa shape index (κ3) is 4.99. The highest BCUT2D eigenvalue weighted by Crippen LogP contribution is 2.34. The van der Waals surface area contributed by atoms with E-state index in [1.165, 1.54) is 11.3 Å². The van der Waals surface area contributed by atoms with Crippen molar-refractivity contribution in [1.82, 2.24) is 19.7 Å². The quantitative estimate of drug-likeness (QED) is 0.459. The number of anilines is 1. The van der Waals surface area contributed by atoms with Crippen LogP contribution in [0.1, 0.15) is 49.1 Å². The molecule has 11 heteroatoms. The Hall–Kier alpha value is -2.24. The first-order chi connectivity index (χ1) is 14.9. The van der Waals surface area contributed by atoms with E-state index in [0.29, 0.717) is 10.5 Å². The van der Waals surface area contributed by atoms with Crippen molar-refractivity contribution in [2.24, 2.45) is 0 Å². The molecule has 0 aromatic carbocycles. The minimum absolute atomic E-state index is 0.0612. The van der Waals surface area contributed by atoms with E-state index in [0.717, 1.165) is 37.8 Å². The SMILES string of the molecule is CCOC1CCC(n2cc(NC(=O)c3csc(Br)n3)c(-c3nc(F)ccc3F)n2)CC1. The minimum atomic E-state index is -0.830. The van der Waals surface area contributed by atoms with Crippen molar-refractivity contribution in [2.45, 2.75) is 44.8 Å². The molecule has 1 amide bonds. The Morgan fingerprint density at radius 2 is 2.03 bits per heavy atom. The average molecular weight is 512 g/mol. The predicted octanol–water partition coefficient (Wildman–Crippen LogP) is 5.21. The second-order valence-electron chi connectivity index (χ2n) is 7.16. The lowest BCUT2D eigenvalue weighted by Crippen LogP contribution is -2.24. The summed E-state index contributed by atoms with van der Waals surface area (Å²) in [6.45, 7) is 2.65. The number of halogens is 3. The van der Waals surface area contributed by atoms with Gasteiger partial charge in [0.05, 0.1) is 17.8 Å². The van der Waals surface area contributed by atoms with E-state index < -0.39 is 17.7 Å². The van der Waals surface area contributed by atoms with Gasteiger partial charge >= 0.3 is 0 Å². The summed E-state index contributed by atoms with van der Waals surface area (Å²) in [5.41, 5.74) is 0.279. The molecule has 3 aromatic rings. The topological polar surface area (TPSA) is 81.9 Å². The number of pyridine rings is 1. The molecule has 1 fully saturated rings. The number of nitrogens with one attached hydrogen (secondary N) is 1. The Labute approximate surface area is 190 Å². The van der Waals surface area contributed by atoms with Crippen LogP contribution in [0.3, 0.4) is 0 Å². The lowest BCUT2D eigenvalue weighted by atomic mass is 9.93. The summed E-state index contributed by atoms with van der Waals surface area (Å²) in [7, 11) is 0. The summed E-state index contributed by atoms with van der Waals surface area (Å²) < 4.78 is 36.2. The summed E-state index contributed by atoms with van der Waals surface area (Å²) in [4.78, 5) is 20.4. The molecule has 31 heavy (non-hydrogen) atoms. The number of carbonyl (C=O) groups is 1. The molecule has 7 nitrogen and oxygen atoms in total. The Morgan fingerprint density at radius 3 is 2.71 bits per heavy atom. The molecule has 0 aliphatic heterocycles. The summed E-state index contributed by atoms with van der Waals surface area (Å²) in [5.74, 6) is -2.03. The first-order valence-electron chi connectivity index (χ1n) is 9.90. The molecule has 1 saturated carbocycles. The standard InChI is InChI=1S/C20H20BrF2N5O2S/c1-2-30-12-5-3-11(4-6-12)28-9-14(24-19(29)15-10-31-20(21)25-15)18(27-28)17-13(22)7-8-16(23)26-17/h7-12H,2-6H2,1H3,(H,24,29). The van der Waals surface area contributed by atoms with Gasteiger partial charge in [-0.25, -0.2) is 14.4 Å². The molecule has 1 N–H and O–H groups in total. The number of rotatable bonds is 6. The van der Waals surface area contributed by atoms with E-state index in [-0.39, 0.29) is 34.9 Å². The van der Waals surface area contributed by atoms with Crippen LogP contribution in [0.15, 0.2) is 27.6 Å². The van der Waals surface area contributed by atoms with Crippen molar-refractivity contribution < 1.29 is 18.3 Å². The van der Waals surface area contributed by atoms with Gasteiger partial charge in [-0.2, -0.15) is 9.49 Å². The Kier molecular flexibility index (Phi) is 6.73. The van der Waals surface area contributed by atoms with Gasteiger partial charge in [0.2, 0.25) is 5.95 Å². The monoisotopic (exact) mass is 511 g/mol. The Balaban J connectivity index is 1.65. The van der Waals surface area contributed by atoms with Gasteiger partial charge in [-0.15, -0.1) is 11.3 Å². The lowest BCUT2D eigenvalue weighted by molar-refractivity contribution is 0.0260. The molecule has 0 radical (unpaired) electrons. The summed E-state index contributed by atoms with van der Waals surface area (Å²) in [6, 6.07) is 1.99. The minimum Gasteiger partial charge on any atom is -0.379 e. The maximum atomic E-state index is 14.5. The van der Waals surface area contributed by atoms with Gasteiger partial charge in [-0.05, 0) is 60.7 Å². The maximum Gasteiger partial charge on any atom is 0.275 e. The van der Waals surface area contributed by atoms with Crippen LogP contribution in [0.4, 0.5) is 14.5 Å². The van der Waals surface area contributed by atoms with Crippen LogP contribution >= 0.6 is 27.3 Å². The smallest absolute Gasteiger partial charge is 0.275 e. The molecular weight excluding hydrogens is 492 g/mol. The van der Waals surface area contributed by atoms with Crippen molar-refractivity contribution in [1.29, 1.82) is 0 Å². The maximum absolute atomic E-state index is 14.5. The van der Waals surface area contributed by atoms with E-state index in [1.54, 1.807) is 16.3 Å². The fourth-order valence-corrected chi connectivity index (χ4v) is 4.68. The number of amides is 1. The highest BCUT2D eigenvalue weighted by Gasteiger charge is 2.26. The normalized spacial score (nSPS) is 18.8. The zero-order valence-corrected chi connectivity index (χ0v) is 19.0. The Morgan fingerprint density at radius 1 is 1.26 bits per heavy atom. The van der Waals surface area contributed by atoms with Crippen LogP contribution in [-0.4, -0.2) is 38.4 Å². The van der Waals surface area contributed by atoms with Gasteiger partial charge in [0, 0.05) is 18.2 Å². The van der Waals surface area contributed by atoms with Gasteiger partial charge in [-0.1, -0.05) is 0 Å². The van der Waals surface area contributed by atoms with Gasteiger partial charge in [0.25, 0.3) is 5.91 Å². The Bertz CT molecular complexity index is 1080. The number of hydrogen-bond donors (Lipinski definition) is 1. The molecular formula is C20H20BrF2N5O2S. The van der Waals surface area contributed by atoms with Crippen molar-refractivity contribution in [3.05, 3.63) is 45.1 Å². The highest BCUT2D eigenvalue weighted by atomic mass is 79.9. The lowest BCUT2D eigenvalue weighted by Gasteiger charge is -2.28. The number of ether oxygens (including phenoxy) is 1. The van der Waals surface area contributed by atoms with Crippen molar-refractivity contribution >= 4 is 38.9 Å². The summed E-state index contributed by atoms with van der Waals surface area (Å²) in [6.07, 6.45) is 5.30. The van der Waals surface area contributed by atoms with Crippen LogP contribution in [0, 0.1) is 11.8 Å². The molecule has 4 rings (SSSR count). The van der Waals surface area contributed by atoms with Crippen molar-refractivity contribution in [3.8, 4) is 11.4 Å². The number of thiazole rings is 1. The predicted molar refractivity (Wildman–Crippen MR) is 116 cm³/mol. The van der Waals surface area contributed by atoms with Crippen LogP contribution in [0.2, 0.25) is 0 Å². The average Bonchev–Trinajstić information content (AvgIpc) is 3.37. The number of carbonyl (C=O) groups excluding carboxylic acids is 1. The number of hydrogen-bond acceptors (Lipinski definition) is 6. The molecule has 0 unspecified atom stereocenters. The molecule has 0 saturated heterocycles. The first-order valence-corrected chi connectivity index (χ1v) is 11.6. The third-order valence-corrected chi connectivity index (χ3v) is 6.51. The molecule has 0 spiro atoms. The second kappa shape index (κ2) is 9.49. The molecule has 164 valence electrons. The van der Waals surface area contributed by atoms with E-state index in [9.17, 15) is 13.6 Å². The molecule has 0 bridgehead atoms. The molecule has 1 aliphatic carbocycles. The van der Waals surface area contributed by atoms with Crippen LogP contribution in [-0.2, 0) is 4.74 Å². The number of nitrogens with zero attached hydrogens (tertiary/aromatic N) is 4. The van der Waals surface area contributed by atoms with Crippen molar-refractivity contribution in [3.63, 3.8) is 0 Å². The van der Waals surface area contributed by atoms with Crippen LogP contribution in [0.5, 0.6) is 0 Å². The number of aromatic nitrogens is 4. The molecule has 3 aromatic heterocycles. The summed E-state index contributed by atoms with van der Waals surface area (Å²) in [5, 5.41) is 8.81. The largest absolute Gasteiger partial charge is 0.379 e. The zero-order valence-electron chi connectivity index (χ0n) is 16.6. The molecule has 1 aliphatic rings. The molecule has 0 atom stereocenters. The van der Waals surface area contributed by atoms with E-state index in [1.807, 2.05) is 6.92 Å². The van der Waals surface area contributed by atoms with Crippen LogP contribution < -0.4 is 5.32 Å². The zero-order chi connectivity index (χ0) is 22.0. The van der Waals surface area contributed by atoms with Gasteiger partial charge in [0.15, 0.2) is 9.73 Å². The van der Waals surface area contributed by atoms with Crippen LogP contribution in [0.25, 0.3) is 11.4 Å². The fourth-order valence-electron chi connectivity index (χ4n) is 3.68. The first kappa shape index (κ1) is 22.0. The van der Waals surface area contributed by atoms with E-state index in [2.05, 4.69) is 36.3 Å². The van der Waals surface area contributed by atoms with Gasteiger partial charge < -0.3 is 10.1 Å². The van der Waals surface area contributed by atoms with Crippen molar-refractivity contribution in [2.75, 3.05) is 11.9 Å². The van der Waals surface area contributed by atoms with Gasteiger partial charge in [0.1, 0.15) is 17.1 Å². The third-order valence-electron chi connectivity index (χ3n) is 5.15. The summed E-state index contributed by atoms with van der Waals surface area (Å²) >= 11 is 4.50. The van der Waals surface area contributed by atoms with E-state index >= 15 is 0 Å². The highest BCUT2D eigenvalue weighted by molar-refractivity contribution is 9.11.